The zero-order valence-electron chi connectivity index (χ0n) is 10.5. The summed E-state index contributed by atoms with van der Waals surface area (Å²) in [7, 11) is 0. The maximum absolute atomic E-state index is 11.6. The van der Waals surface area contributed by atoms with Crippen LogP contribution in [0, 0.1) is 5.92 Å². The van der Waals surface area contributed by atoms with E-state index in [9.17, 15) is 14.4 Å². The molecule has 1 saturated heterocycles. The van der Waals surface area contributed by atoms with E-state index in [-0.39, 0.29) is 11.8 Å². The second-order valence-electron chi connectivity index (χ2n) is 4.66. The van der Waals surface area contributed by atoms with E-state index in [0.29, 0.717) is 13.0 Å². The standard InChI is InChI=1S/C11H19N3O4/c1-6(2)8(10(16)17)14-11(18)13-7-4-3-5-12-9(7)15/h6-8H,3-5H2,1-2H3,(H,12,15)(H,16,17)(H2,13,14,18). The van der Waals surface area contributed by atoms with Crippen molar-refractivity contribution in [3.8, 4) is 0 Å². The Morgan fingerprint density at radius 1 is 1.44 bits per heavy atom. The lowest BCUT2D eigenvalue weighted by molar-refractivity contribution is -0.140. The van der Waals surface area contributed by atoms with Crippen LogP contribution in [-0.2, 0) is 9.59 Å². The van der Waals surface area contributed by atoms with Crippen LogP contribution in [0.5, 0.6) is 0 Å². The highest BCUT2D eigenvalue weighted by molar-refractivity contribution is 5.89. The minimum absolute atomic E-state index is 0.228. The normalized spacial score (nSPS) is 21.1. The van der Waals surface area contributed by atoms with Crippen LogP contribution in [0.3, 0.4) is 0 Å². The molecule has 0 aromatic heterocycles. The number of amides is 3. The first-order valence-electron chi connectivity index (χ1n) is 5.99. The Labute approximate surface area is 105 Å². The number of rotatable bonds is 4. The molecule has 1 rings (SSSR count). The van der Waals surface area contributed by atoms with Gasteiger partial charge in [0.15, 0.2) is 0 Å². The molecule has 7 heteroatoms. The Kier molecular flexibility index (Phi) is 4.94. The van der Waals surface area contributed by atoms with Gasteiger partial charge < -0.3 is 21.1 Å². The summed E-state index contributed by atoms with van der Waals surface area (Å²) in [6.07, 6.45) is 1.36. The van der Waals surface area contributed by atoms with Crippen LogP contribution in [0.25, 0.3) is 0 Å². The van der Waals surface area contributed by atoms with Gasteiger partial charge in [0.05, 0.1) is 0 Å². The summed E-state index contributed by atoms with van der Waals surface area (Å²) in [5.41, 5.74) is 0. The fraction of sp³-hybridized carbons (Fsp3) is 0.727. The van der Waals surface area contributed by atoms with E-state index < -0.39 is 24.1 Å². The fourth-order valence-electron chi connectivity index (χ4n) is 1.76. The van der Waals surface area contributed by atoms with Gasteiger partial charge in [-0.25, -0.2) is 9.59 Å². The second-order valence-corrected chi connectivity index (χ2v) is 4.66. The van der Waals surface area contributed by atoms with E-state index in [1.807, 2.05) is 0 Å². The maximum Gasteiger partial charge on any atom is 0.326 e. The Morgan fingerprint density at radius 2 is 2.11 bits per heavy atom. The monoisotopic (exact) mass is 257 g/mol. The lowest BCUT2D eigenvalue weighted by atomic mass is 10.0. The van der Waals surface area contributed by atoms with Crippen molar-refractivity contribution in [3.63, 3.8) is 0 Å². The largest absolute Gasteiger partial charge is 0.480 e. The van der Waals surface area contributed by atoms with E-state index >= 15 is 0 Å². The number of piperidine rings is 1. The molecule has 4 N–H and O–H groups in total. The van der Waals surface area contributed by atoms with Gasteiger partial charge in [0.1, 0.15) is 12.1 Å². The number of hydrogen-bond donors (Lipinski definition) is 4. The Hall–Kier alpha value is -1.79. The zero-order valence-corrected chi connectivity index (χ0v) is 10.5. The van der Waals surface area contributed by atoms with E-state index in [0.717, 1.165) is 6.42 Å². The number of aliphatic carboxylic acids is 1. The van der Waals surface area contributed by atoms with E-state index in [1.165, 1.54) is 0 Å². The van der Waals surface area contributed by atoms with Gasteiger partial charge in [0.2, 0.25) is 5.91 Å². The lowest BCUT2D eigenvalue weighted by Gasteiger charge is -2.24. The van der Waals surface area contributed by atoms with Crippen molar-refractivity contribution < 1.29 is 19.5 Å². The Morgan fingerprint density at radius 3 is 2.61 bits per heavy atom. The first-order chi connectivity index (χ1) is 8.41. The minimum Gasteiger partial charge on any atom is -0.480 e. The van der Waals surface area contributed by atoms with Crippen molar-refractivity contribution in [2.24, 2.45) is 5.92 Å². The second kappa shape index (κ2) is 6.23. The quantitative estimate of drug-likeness (QED) is 0.553. The molecule has 2 unspecified atom stereocenters. The molecule has 2 atom stereocenters. The molecular formula is C11H19N3O4. The molecule has 1 aliphatic heterocycles. The number of carbonyl (C=O) groups excluding carboxylic acids is 2. The van der Waals surface area contributed by atoms with Gasteiger partial charge in [-0.2, -0.15) is 0 Å². The number of carbonyl (C=O) groups is 3. The Bertz CT molecular complexity index is 343. The highest BCUT2D eigenvalue weighted by Gasteiger charge is 2.27. The SMILES string of the molecule is CC(C)C(NC(=O)NC1CCCNC1=O)C(=O)O. The van der Waals surface area contributed by atoms with E-state index in [2.05, 4.69) is 16.0 Å². The first-order valence-corrected chi connectivity index (χ1v) is 5.99. The van der Waals surface area contributed by atoms with Gasteiger partial charge in [-0.05, 0) is 18.8 Å². The molecule has 1 heterocycles. The molecule has 0 aliphatic carbocycles. The third kappa shape index (κ3) is 3.90. The zero-order chi connectivity index (χ0) is 13.7. The average molecular weight is 257 g/mol. The molecule has 1 aliphatic rings. The van der Waals surface area contributed by atoms with Crippen molar-refractivity contribution in [2.45, 2.75) is 38.8 Å². The molecule has 0 spiro atoms. The summed E-state index contributed by atoms with van der Waals surface area (Å²) in [5, 5.41) is 16.4. The summed E-state index contributed by atoms with van der Waals surface area (Å²) in [4.78, 5) is 33.9. The minimum atomic E-state index is -1.09. The average Bonchev–Trinajstić information content (AvgIpc) is 2.28. The smallest absolute Gasteiger partial charge is 0.326 e. The molecule has 102 valence electrons. The summed E-state index contributed by atoms with van der Waals surface area (Å²) < 4.78 is 0. The van der Waals surface area contributed by atoms with E-state index in [4.69, 9.17) is 5.11 Å². The number of carboxylic acid groups (broad SMARTS) is 1. The van der Waals surface area contributed by atoms with Crippen LogP contribution >= 0.6 is 0 Å². The third-order valence-electron chi connectivity index (χ3n) is 2.81. The number of carboxylic acids is 1. The van der Waals surface area contributed by atoms with E-state index in [1.54, 1.807) is 13.8 Å². The van der Waals surface area contributed by atoms with Crippen LogP contribution in [0.15, 0.2) is 0 Å². The Balaban J connectivity index is 2.49. The number of nitrogens with one attached hydrogen (secondary N) is 3. The lowest BCUT2D eigenvalue weighted by Crippen LogP contribution is -2.56. The molecule has 7 nitrogen and oxygen atoms in total. The molecule has 0 bridgehead atoms. The van der Waals surface area contributed by atoms with Crippen molar-refractivity contribution in [1.82, 2.24) is 16.0 Å². The molecule has 0 aromatic rings. The van der Waals surface area contributed by atoms with Crippen molar-refractivity contribution in [2.75, 3.05) is 6.54 Å². The first kappa shape index (κ1) is 14.3. The molecule has 0 aromatic carbocycles. The maximum atomic E-state index is 11.6. The predicted octanol–water partition coefficient (Wildman–Crippen LogP) is -0.327. The fourth-order valence-corrected chi connectivity index (χ4v) is 1.76. The third-order valence-corrected chi connectivity index (χ3v) is 2.81. The van der Waals surface area contributed by atoms with Gasteiger partial charge in [-0.15, -0.1) is 0 Å². The summed E-state index contributed by atoms with van der Waals surface area (Å²) in [6.45, 7) is 4.02. The predicted molar refractivity (Wildman–Crippen MR) is 64.0 cm³/mol. The molecule has 0 saturated carbocycles. The highest BCUT2D eigenvalue weighted by Crippen LogP contribution is 2.04. The molecular weight excluding hydrogens is 238 g/mol. The van der Waals surface area contributed by atoms with Gasteiger partial charge in [0.25, 0.3) is 0 Å². The van der Waals surface area contributed by atoms with Crippen LogP contribution in [-0.4, -0.2) is 41.6 Å². The van der Waals surface area contributed by atoms with Gasteiger partial charge in [-0.1, -0.05) is 13.8 Å². The summed E-state index contributed by atoms with van der Waals surface area (Å²) in [6, 6.07) is -2.17. The molecule has 0 radical (unpaired) electrons. The van der Waals surface area contributed by atoms with Gasteiger partial charge >= 0.3 is 12.0 Å². The van der Waals surface area contributed by atoms with Gasteiger partial charge in [0, 0.05) is 6.54 Å². The summed E-state index contributed by atoms with van der Waals surface area (Å²) in [5.74, 6) is -1.55. The number of urea groups is 1. The van der Waals surface area contributed by atoms with Crippen LogP contribution in [0.4, 0.5) is 4.79 Å². The summed E-state index contributed by atoms with van der Waals surface area (Å²) >= 11 is 0. The molecule has 3 amide bonds. The van der Waals surface area contributed by atoms with Crippen LogP contribution in [0.2, 0.25) is 0 Å². The topological polar surface area (TPSA) is 108 Å². The van der Waals surface area contributed by atoms with Gasteiger partial charge in [-0.3, -0.25) is 4.79 Å². The molecule has 18 heavy (non-hydrogen) atoms. The highest BCUT2D eigenvalue weighted by atomic mass is 16.4. The van der Waals surface area contributed by atoms with Crippen molar-refractivity contribution in [3.05, 3.63) is 0 Å². The van der Waals surface area contributed by atoms with Crippen molar-refractivity contribution in [1.29, 1.82) is 0 Å². The van der Waals surface area contributed by atoms with Crippen molar-refractivity contribution >= 4 is 17.9 Å². The van der Waals surface area contributed by atoms with Crippen LogP contribution in [0.1, 0.15) is 26.7 Å². The van der Waals surface area contributed by atoms with Crippen LogP contribution < -0.4 is 16.0 Å². The number of hydrogen-bond acceptors (Lipinski definition) is 3. The molecule has 1 fully saturated rings.